The molecule has 2 atom stereocenters. The number of nitrogens with zero attached hydrogens (tertiary/aromatic N) is 2. The van der Waals surface area contributed by atoms with E-state index in [-0.39, 0.29) is 18.4 Å². The molecule has 184 valence electrons. The van der Waals surface area contributed by atoms with E-state index < -0.39 is 17.4 Å². The molecular weight excluding hydrogens is 484 g/mol. The number of carbonyl (C=O) groups is 3. The van der Waals surface area contributed by atoms with E-state index in [0.717, 1.165) is 15.6 Å². The second-order valence-corrected chi connectivity index (χ2v) is 10.6. The average molecular weight is 513 g/mol. The quantitative estimate of drug-likeness (QED) is 0.399. The summed E-state index contributed by atoms with van der Waals surface area (Å²) >= 11 is 7.68. The van der Waals surface area contributed by atoms with Crippen LogP contribution < -0.4 is 0 Å². The van der Waals surface area contributed by atoms with E-state index in [2.05, 4.69) is 0 Å². The first-order valence-corrected chi connectivity index (χ1v) is 13.0. The standard InChI is InChI=1S/C27H29ClN2O4S/c1-3-19(25(32)33)11-13-29(16-18-7-6-8-20(28)15-18)26(34)27(2)12-14-30(27)24(31)22-17-35-23-10-5-4-9-21(22)23/h4-10,15,17,19H,3,11-14,16H2,1-2H3,(H,32,33)/t19?,27-/m1/s1. The zero-order valence-corrected chi connectivity index (χ0v) is 21.4. The van der Waals surface area contributed by atoms with E-state index >= 15 is 0 Å². The number of carbonyl (C=O) groups excluding carboxylic acids is 2. The molecule has 4 rings (SSSR count). The number of aliphatic carboxylic acids is 1. The van der Waals surface area contributed by atoms with E-state index in [1.807, 2.05) is 55.6 Å². The van der Waals surface area contributed by atoms with Crippen molar-refractivity contribution in [1.82, 2.24) is 9.80 Å². The largest absolute Gasteiger partial charge is 0.481 e. The maximum absolute atomic E-state index is 13.9. The number of hydrogen-bond donors (Lipinski definition) is 1. The van der Waals surface area contributed by atoms with Crippen molar-refractivity contribution < 1.29 is 19.5 Å². The molecule has 2 amide bonds. The van der Waals surface area contributed by atoms with E-state index in [9.17, 15) is 19.5 Å². The number of rotatable bonds is 9. The van der Waals surface area contributed by atoms with E-state index in [4.69, 9.17) is 11.6 Å². The number of carboxylic acid groups (broad SMARTS) is 1. The molecule has 0 radical (unpaired) electrons. The Hall–Kier alpha value is -2.90. The molecule has 2 heterocycles. The molecule has 1 aliphatic rings. The predicted molar refractivity (Wildman–Crippen MR) is 139 cm³/mol. The minimum atomic E-state index is -0.983. The third kappa shape index (κ3) is 5.07. The zero-order chi connectivity index (χ0) is 25.2. The number of halogens is 1. The van der Waals surface area contributed by atoms with Crippen LogP contribution in [0.2, 0.25) is 5.02 Å². The van der Waals surface area contributed by atoms with Crippen molar-refractivity contribution in [2.75, 3.05) is 13.1 Å². The number of likely N-dealkylation sites (tertiary alicyclic amines) is 1. The smallest absolute Gasteiger partial charge is 0.306 e. The molecule has 1 unspecified atom stereocenters. The molecule has 35 heavy (non-hydrogen) atoms. The number of carboxylic acids is 1. The van der Waals surface area contributed by atoms with Gasteiger partial charge in [0.1, 0.15) is 5.54 Å². The monoisotopic (exact) mass is 512 g/mol. The SMILES string of the molecule is CCC(CCN(Cc1cccc(Cl)c1)C(=O)[C@@]1(C)CCN1C(=O)c1csc2ccccc12)C(=O)O. The lowest BCUT2D eigenvalue weighted by Gasteiger charge is -2.51. The Morgan fingerprint density at radius 1 is 1.20 bits per heavy atom. The van der Waals surface area contributed by atoms with Gasteiger partial charge >= 0.3 is 5.97 Å². The van der Waals surface area contributed by atoms with Crippen LogP contribution in [0.1, 0.15) is 49.0 Å². The molecule has 1 aliphatic heterocycles. The molecule has 0 bridgehead atoms. The van der Waals surface area contributed by atoms with Crippen molar-refractivity contribution in [3.63, 3.8) is 0 Å². The third-order valence-corrected chi connectivity index (χ3v) is 8.17. The minimum Gasteiger partial charge on any atom is -0.481 e. The van der Waals surface area contributed by atoms with Gasteiger partial charge in [0.25, 0.3) is 5.91 Å². The maximum atomic E-state index is 13.9. The van der Waals surface area contributed by atoms with Gasteiger partial charge in [0.2, 0.25) is 5.91 Å². The van der Waals surface area contributed by atoms with Crippen molar-refractivity contribution in [2.45, 2.75) is 45.2 Å². The van der Waals surface area contributed by atoms with Gasteiger partial charge in [-0.05, 0) is 49.9 Å². The number of amides is 2. The molecule has 0 saturated carbocycles. The highest BCUT2D eigenvalue weighted by Gasteiger charge is 2.51. The van der Waals surface area contributed by atoms with Crippen LogP contribution >= 0.6 is 22.9 Å². The fourth-order valence-electron chi connectivity index (χ4n) is 4.66. The summed E-state index contributed by atoms with van der Waals surface area (Å²) in [5, 5.41) is 12.8. The van der Waals surface area contributed by atoms with Crippen LogP contribution in [-0.4, -0.2) is 51.3 Å². The maximum Gasteiger partial charge on any atom is 0.306 e. The number of benzene rings is 2. The number of hydrogen-bond acceptors (Lipinski definition) is 4. The molecule has 1 N–H and O–H groups in total. The molecule has 1 aromatic heterocycles. The summed E-state index contributed by atoms with van der Waals surface area (Å²) in [4.78, 5) is 42.4. The van der Waals surface area contributed by atoms with Crippen molar-refractivity contribution in [3.8, 4) is 0 Å². The number of thiophene rings is 1. The van der Waals surface area contributed by atoms with E-state index in [1.165, 1.54) is 11.3 Å². The molecule has 1 saturated heterocycles. The highest BCUT2D eigenvalue weighted by molar-refractivity contribution is 7.17. The Kier molecular flexibility index (Phi) is 7.47. The number of fused-ring (bicyclic) bond motifs is 1. The lowest BCUT2D eigenvalue weighted by molar-refractivity contribution is -0.151. The molecule has 1 fully saturated rings. The van der Waals surface area contributed by atoms with Gasteiger partial charge in [0.05, 0.1) is 11.5 Å². The first-order chi connectivity index (χ1) is 16.7. The topological polar surface area (TPSA) is 77.9 Å². The fraction of sp³-hybridized carbons (Fsp3) is 0.370. The second-order valence-electron chi connectivity index (χ2n) is 9.21. The Morgan fingerprint density at radius 3 is 2.63 bits per heavy atom. The van der Waals surface area contributed by atoms with Crippen LogP contribution in [0.3, 0.4) is 0 Å². The van der Waals surface area contributed by atoms with Crippen LogP contribution in [0.25, 0.3) is 10.1 Å². The molecule has 0 spiro atoms. The van der Waals surface area contributed by atoms with Crippen molar-refractivity contribution in [1.29, 1.82) is 0 Å². The summed E-state index contributed by atoms with van der Waals surface area (Å²) in [6, 6.07) is 15.1. The predicted octanol–water partition coefficient (Wildman–Crippen LogP) is 5.69. The fourth-order valence-corrected chi connectivity index (χ4v) is 5.81. The van der Waals surface area contributed by atoms with Gasteiger partial charge in [-0.15, -0.1) is 11.3 Å². The lowest BCUT2D eigenvalue weighted by atomic mass is 9.83. The minimum absolute atomic E-state index is 0.149. The average Bonchev–Trinajstić information content (AvgIpc) is 3.26. The molecule has 3 aromatic rings. The normalized spacial score (nSPS) is 18.2. The molecule has 2 aromatic carbocycles. The van der Waals surface area contributed by atoms with Gasteiger partial charge in [0.15, 0.2) is 0 Å². The first-order valence-electron chi connectivity index (χ1n) is 11.8. The van der Waals surface area contributed by atoms with Gasteiger partial charge < -0.3 is 14.9 Å². The molecule has 6 nitrogen and oxygen atoms in total. The summed E-state index contributed by atoms with van der Waals surface area (Å²) in [5.74, 6) is -1.71. The van der Waals surface area contributed by atoms with Gasteiger partial charge in [-0.3, -0.25) is 14.4 Å². The van der Waals surface area contributed by atoms with Gasteiger partial charge in [-0.25, -0.2) is 0 Å². The zero-order valence-electron chi connectivity index (χ0n) is 19.9. The highest BCUT2D eigenvalue weighted by Crippen LogP contribution is 2.37. The lowest BCUT2D eigenvalue weighted by Crippen LogP contribution is -2.67. The van der Waals surface area contributed by atoms with Crippen molar-refractivity contribution in [3.05, 3.63) is 70.1 Å². The molecule has 8 heteroatoms. The van der Waals surface area contributed by atoms with E-state index in [0.29, 0.717) is 42.9 Å². The van der Waals surface area contributed by atoms with Crippen LogP contribution in [-0.2, 0) is 16.1 Å². The summed E-state index contributed by atoms with van der Waals surface area (Å²) in [6.45, 7) is 4.73. The summed E-state index contributed by atoms with van der Waals surface area (Å²) < 4.78 is 1.03. The molecular formula is C27H29ClN2O4S. The summed E-state index contributed by atoms with van der Waals surface area (Å²) in [6.07, 6.45) is 1.39. The van der Waals surface area contributed by atoms with Gasteiger partial charge in [0, 0.05) is 40.1 Å². The van der Waals surface area contributed by atoms with Crippen LogP contribution in [0.4, 0.5) is 0 Å². The van der Waals surface area contributed by atoms with Gasteiger partial charge in [-0.1, -0.05) is 48.9 Å². The second kappa shape index (κ2) is 10.4. The molecule has 0 aliphatic carbocycles. The Bertz CT molecular complexity index is 1260. The summed E-state index contributed by atoms with van der Waals surface area (Å²) in [7, 11) is 0. The highest BCUT2D eigenvalue weighted by atomic mass is 35.5. The van der Waals surface area contributed by atoms with Crippen LogP contribution in [0.5, 0.6) is 0 Å². The Balaban J connectivity index is 1.58. The van der Waals surface area contributed by atoms with Crippen molar-refractivity contribution in [2.24, 2.45) is 5.92 Å². The van der Waals surface area contributed by atoms with Crippen molar-refractivity contribution >= 4 is 50.8 Å². The van der Waals surface area contributed by atoms with E-state index in [1.54, 1.807) is 21.9 Å². The summed E-state index contributed by atoms with van der Waals surface area (Å²) in [5.41, 5.74) is 0.491. The van der Waals surface area contributed by atoms with Crippen LogP contribution in [0.15, 0.2) is 53.9 Å². The third-order valence-electron chi connectivity index (χ3n) is 6.97. The Labute approximate surface area is 214 Å². The van der Waals surface area contributed by atoms with Crippen LogP contribution in [0, 0.1) is 5.92 Å². The van der Waals surface area contributed by atoms with Gasteiger partial charge in [-0.2, -0.15) is 0 Å². The Morgan fingerprint density at radius 2 is 1.97 bits per heavy atom. The first kappa shape index (κ1) is 25.2.